The number of hydrogen-bond donors (Lipinski definition) is 0. The largest absolute Gasteiger partial charge is 0.393 e. The van der Waals surface area contributed by atoms with Gasteiger partial charge in [-0.25, -0.2) is 8.93 Å². The van der Waals surface area contributed by atoms with Gasteiger partial charge in [-0.05, 0) is 6.92 Å². The molecule has 7 heteroatoms. The number of hydrogen-bond acceptors (Lipinski definition) is 5. The normalized spacial score (nSPS) is 22.9. The molecule has 0 aromatic heterocycles. The van der Waals surface area contributed by atoms with Gasteiger partial charge < -0.3 is 0 Å². The van der Waals surface area contributed by atoms with Gasteiger partial charge in [0.15, 0.2) is 0 Å². The number of rotatable bonds is 2. The quantitative estimate of drug-likeness (QED) is 0.387. The van der Waals surface area contributed by atoms with Crippen LogP contribution in [0.4, 0.5) is 0 Å². The fourth-order valence-corrected chi connectivity index (χ4v) is 1.25. The second-order valence-electron chi connectivity index (χ2n) is 1.96. The highest BCUT2D eigenvalue weighted by atomic mass is 79.9. The molecule has 0 aliphatic carbocycles. The van der Waals surface area contributed by atoms with Crippen molar-refractivity contribution < 1.29 is 4.92 Å². The summed E-state index contributed by atoms with van der Waals surface area (Å²) in [7, 11) is 0. The highest BCUT2D eigenvalue weighted by molar-refractivity contribution is 9.07. The molecule has 0 saturated heterocycles. The maximum atomic E-state index is 10.4. The van der Waals surface area contributed by atoms with E-state index in [0.29, 0.717) is 6.54 Å². The minimum absolute atomic E-state index is 0.411. The Balaban J connectivity index is 2.69. The van der Waals surface area contributed by atoms with Crippen LogP contribution in [0.1, 0.15) is 6.92 Å². The highest BCUT2D eigenvalue weighted by Crippen LogP contribution is 2.15. The lowest BCUT2D eigenvalue weighted by Gasteiger charge is -2.16. The molecule has 0 saturated carbocycles. The monoisotopic (exact) mass is 222 g/mol. The molecule has 1 aliphatic heterocycles. The molecule has 62 valence electrons. The van der Waals surface area contributed by atoms with E-state index in [1.165, 1.54) is 15.3 Å². The summed E-state index contributed by atoms with van der Waals surface area (Å²) in [5, 5.41) is 15.5. The van der Waals surface area contributed by atoms with Crippen LogP contribution in [0.15, 0.2) is 5.10 Å². The lowest BCUT2D eigenvalue weighted by molar-refractivity contribution is -0.562. The van der Waals surface area contributed by atoms with Crippen LogP contribution < -0.4 is 0 Å². The third kappa shape index (κ3) is 1.42. The Labute approximate surface area is 71.9 Å². The zero-order chi connectivity index (χ0) is 8.43. The summed E-state index contributed by atoms with van der Waals surface area (Å²) in [6.45, 7) is 2.32. The fourth-order valence-electron chi connectivity index (χ4n) is 0.806. The van der Waals surface area contributed by atoms with E-state index in [1.807, 2.05) is 0 Å². The molecule has 1 heterocycles. The molecule has 0 fully saturated rings. The summed E-state index contributed by atoms with van der Waals surface area (Å²) in [5.74, 6) is 0. The predicted octanol–water partition coefficient (Wildman–Crippen LogP) is 0.437. The zero-order valence-corrected chi connectivity index (χ0v) is 7.43. The van der Waals surface area contributed by atoms with Crippen LogP contribution in [0.25, 0.3) is 0 Å². The number of nitrogens with zero attached hydrogens (tertiary/aromatic N) is 4. The van der Waals surface area contributed by atoms with Crippen molar-refractivity contribution in [2.24, 2.45) is 5.10 Å². The van der Waals surface area contributed by atoms with Gasteiger partial charge in [0.05, 0.1) is 21.1 Å². The second kappa shape index (κ2) is 3.04. The van der Waals surface area contributed by atoms with Crippen LogP contribution in [0.2, 0.25) is 0 Å². The predicted molar refractivity (Wildman–Crippen MR) is 42.4 cm³/mol. The Kier molecular flexibility index (Phi) is 2.28. The molecule has 11 heavy (non-hydrogen) atoms. The van der Waals surface area contributed by atoms with Crippen molar-refractivity contribution in [3.8, 4) is 0 Å². The van der Waals surface area contributed by atoms with E-state index in [-0.39, 0.29) is 0 Å². The summed E-state index contributed by atoms with van der Waals surface area (Å²) >= 11 is 2.99. The van der Waals surface area contributed by atoms with Gasteiger partial charge in [-0.15, -0.1) is 0 Å². The molecule has 0 aromatic carbocycles. The Bertz CT molecular complexity index is 197. The Morgan fingerprint density at radius 3 is 2.91 bits per heavy atom. The van der Waals surface area contributed by atoms with Crippen molar-refractivity contribution in [1.82, 2.24) is 8.93 Å². The minimum atomic E-state index is -0.903. The van der Waals surface area contributed by atoms with Crippen LogP contribution in [0, 0.1) is 10.1 Å². The van der Waals surface area contributed by atoms with Crippen LogP contribution in [0.3, 0.4) is 0 Å². The first-order valence-electron chi connectivity index (χ1n) is 3.05. The van der Waals surface area contributed by atoms with E-state index in [9.17, 15) is 10.1 Å². The molecule has 0 bridgehead atoms. The van der Waals surface area contributed by atoms with E-state index in [0.717, 1.165) is 0 Å². The highest BCUT2D eigenvalue weighted by Gasteiger charge is 2.35. The van der Waals surface area contributed by atoms with Gasteiger partial charge in [-0.1, -0.05) is 0 Å². The van der Waals surface area contributed by atoms with E-state index < -0.39 is 11.2 Å². The lowest BCUT2D eigenvalue weighted by atomic mass is 10.7. The number of nitro groups is 1. The van der Waals surface area contributed by atoms with Gasteiger partial charge in [0.2, 0.25) is 0 Å². The SMILES string of the molecule is CCN1N=CN(Br)C1[N+](=O)[O-]. The maximum Gasteiger partial charge on any atom is 0.393 e. The van der Waals surface area contributed by atoms with Crippen molar-refractivity contribution in [2.45, 2.75) is 13.2 Å². The van der Waals surface area contributed by atoms with Gasteiger partial charge in [0.25, 0.3) is 0 Å². The average molecular weight is 223 g/mol. The maximum absolute atomic E-state index is 10.4. The summed E-state index contributed by atoms with van der Waals surface area (Å²) in [6, 6.07) is 0. The van der Waals surface area contributed by atoms with Gasteiger partial charge in [0, 0.05) is 6.54 Å². The third-order valence-corrected chi connectivity index (χ3v) is 1.86. The Morgan fingerprint density at radius 2 is 2.55 bits per heavy atom. The number of hydrazone groups is 1. The molecular formula is C4H7BrN4O2. The van der Waals surface area contributed by atoms with E-state index in [4.69, 9.17) is 0 Å². The number of halogens is 1. The second-order valence-corrected chi connectivity index (χ2v) is 2.78. The Hall–Kier alpha value is -0.850. The van der Waals surface area contributed by atoms with E-state index in [1.54, 1.807) is 6.92 Å². The molecule has 1 aliphatic rings. The Morgan fingerprint density at radius 1 is 1.91 bits per heavy atom. The smallest absolute Gasteiger partial charge is 0.261 e. The molecule has 0 radical (unpaired) electrons. The van der Waals surface area contributed by atoms with Crippen molar-refractivity contribution in [3.05, 3.63) is 10.1 Å². The summed E-state index contributed by atoms with van der Waals surface area (Å²) in [4.78, 5) is 9.98. The first-order chi connectivity index (χ1) is 5.16. The third-order valence-electron chi connectivity index (χ3n) is 1.31. The average Bonchev–Trinajstić information content (AvgIpc) is 2.30. The van der Waals surface area contributed by atoms with E-state index >= 15 is 0 Å². The lowest BCUT2D eigenvalue weighted by Crippen LogP contribution is -2.41. The molecule has 0 amide bonds. The van der Waals surface area contributed by atoms with Crippen LogP contribution >= 0.6 is 16.1 Å². The first-order valence-corrected chi connectivity index (χ1v) is 3.76. The van der Waals surface area contributed by atoms with Crippen LogP contribution in [-0.2, 0) is 0 Å². The topological polar surface area (TPSA) is 62.0 Å². The first kappa shape index (κ1) is 8.25. The molecule has 1 unspecified atom stereocenters. The molecule has 1 rings (SSSR count). The standard InChI is InChI=1S/C4H7BrN4O2/c1-2-8-4(9(10)11)7(5)3-6-8/h3-4H,2H2,1H3. The molecule has 6 nitrogen and oxygen atoms in total. The van der Waals surface area contributed by atoms with Gasteiger partial charge in [-0.3, -0.25) is 10.1 Å². The van der Waals surface area contributed by atoms with Crippen LogP contribution in [-0.4, -0.2) is 33.0 Å². The van der Waals surface area contributed by atoms with Gasteiger partial charge in [-0.2, -0.15) is 5.10 Å². The minimum Gasteiger partial charge on any atom is -0.261 e. The van der Waals surface area contributed by atoms with Crippen molar-refractivity contribution in [3.63, 3.8) is 0 Å². The van der Waals surface area contributed by atoms with Gasteiger partial charge >= 0.3 is 6.29 Å². The van der Waals surface area contributed by atoms with Crippen molar-refractivity contribution >= 4 is 22.5 Å². The molecule has 0 N–H and O–H groups in total. The van der Waals surface area contributed by atoms with Gasteiger partial charge in [0.1, 0.15) is 6.34 Å². The molecule has 1 atom stereocenters. The van der Waals surface area contributed by atoms with Crippen molar-refractivity contribution in [1.29, 1.82) is 0 Å². The van der Waals surface area contributed by atoms with E-state index in [2.05, 4.69) is 21.2 Å². The van der Waals surface area contributed by atoms with Crippen molar-refractivity contribution in [2.75, 3.05) is 6.54 Å². The van der Waals surface area contributed by atoms with Crippen LogP contribution in [0.5, 0.6) is 0 Å². The summed E-state index contributed by atoms with van der Waals surface area (Å²) < 4.78 is 1.27. The summed E-state index contributed by atoms with van der Waals surface area (Å²) in [5.41, 5.74) is 0. The molecule has 0 aromatic rings. The molecule has 0 spiro atoms. The summed E-state index contributed by atoms with van der Waals surface area (Å²) in [6.07, 6.45) is 0.469. The molecular weight excluding hydrogens is 216 g/mol. The zero-order valence-electron chi connectivity index (χ0n) is 5.85. The fraction of sp³-hybridized carbons (Fsp3) is 0.750.